The number of para-hydroxylation sites is 1. The zero-order valence-electron chi connectivity index (χ0n) is 19.2. The van der Waals surface area contributed by atoms with E-state index >= 15 is 0 Å². The highest BCUT2D eigenvalue weighted by Crippen LogP contribution is 2.18. The van der Waals surface area contributed by atoms with Crippen molar-refractivity contribution >= 4 is 11.9 Å². The van der Waals surface area contributed by atoms with Gasteiger partial charge in [0.25, 0.3) is 0 Å². The van der Waals surface area contributed by atoms with Crippen LogP contribution in [0.2, 0.25) is 0 Å². The number of aromatic nitrogens is 3. The molecular formula is C24H26F3N5O4. The largest absolute Gasteiger partial charge is 0.490 e. The minimum atomic E-state index is -5.08. The molecule has 1 aliphatic heterocycles. The second kappa shape index (κ2) is 12.3. The Morgan fingerprint density at radius 2 is 1.69 bits per heavy atom. The number of nitrogens with zero attached hydrogens (tertiary/aromatic N) is 4. The number of hydrogen-bond acceptors (Lipinski definition) is 6. The Hall–Kier alpha value is -3.77. The average molecular weight is 505 g/mol. The van der Waals surface area contributed by atoms with Crippen LogP contribution in [0.15, 0.2) is 60.8 Å². The number of aliphatic hydroxyl groups is 1. The molecule has 36 heavy (non-hydrogen) atoms. The standard InChI is InChI=1S/C22H25N5O2.C2HF3O2/c28-21(16-26-11-10-17-6-4-5-7-18(17)15-26)14-23-22(29)12-19-13-24-27(25-19)20-8-2-1-3-9-20;3-2(4,5)1(6)7/h1-9,13,21,28H,10-12,14-16H2,(H,23,29);(H,6,7). The number of aliphatic carboxylic acids is 1. The third-order valence-electron chi connectivity index (χ3n) is 5.32. The molecule has 9 nitrogen and oxygen atoms in total. The number of aliphatic hydroxyl groups excluding tert-OH is 1. The number of carbonyl (C=O) groups is 2. The van der Waals surface area contributed by atoms with Crippen molar-refractivity contribution in [3.05, 3.63) is 77.6 Å². The van der Waals surface area contributed by atoms with E-state index in [4.69, 9.17) is 9.90 Å². The number of carboxylic acids is 1. The van der Waals surface area contributed by atoms with Crippen molar-refractivity contribution in [3.8, 4) is 5.69 Å². The van der Waals surface area contributed by atoms with Crippen molar-refractivity contribution in [1.82, 2.24) is 25.2 Å². The van der Waals surface area contributed by atoms with Crippen LogP contribution in [0.4, 0.5) is 13.2 Å². The van der Waals surface area contributed by atoms with E-state index in [2.05, 4.69) is 38.6 Å². The van der Waals surface area contributed by atoms with Crippen molar-refractivity contribution in [2.45, 2.75) is 31.7 Å². The van der Waals surface area contributed by atoms with Gasteiger partial charge in [0, 0.05) is 26.2 Å². The van der Waals surface area contributed by atoms with Gasteiger partial charge in [-0.25, -0.2) is 4.79 Å². The van der Waals surface area contributed by atoms with Crippen molar-refractivity contribution < 1.29 is 33.0 Å². The van der Waals surface area contributed by atoms with Crippen LogP contribution in [-0.4, -0.2) is 73.9 Å². The summed E-state index contributed by atoms with van der Waals surface area (Å²) < 4.78 is 31.7. The Morgan fingerprint density at radius 1 is 1.06 bits per heavy atom. The molecule has 0 saturated carbocycles. The lowest BCUT2D eigenvalue weighted by molar-refractivity contribution is -0.192. The van der Waals surface area contributed by atoms with Crippen molar-refractivity contribution in [2.24, 2.45) is 0 Å². The molecule has 0 aliphatic carbocycles. The molecule has 192 valence electrons. The maximum absolute atomic E-state index is 12.2. The van der Waals surface area contributed by atoms with Gasteiger partial charge < -0.3 is 15.5 Å². The summed E-state index contributed by atoms with van der Waals surface area (Å²) >= 11 is 0. The number of hydrogen-bond donors (Lipinski definition) is 3. The van der Waals surface area contributed by atoms with Gasteiger partial charge in [0.2, 0.25) is 5.91 Å². The second-order valence-corrected chi connectivity index (χ2v) is 8.15. The van der Waals surface area contributed by atoms with Gasteiger partial charge in [0.1, 0.15) is 0 Å². The van der Waals surface area contributed by atoms with Gasteiger partial charge >= 0.3 is 12.1 Å². The summed E-state index contributed by atoms with van der Waals surface area (Å²) in [5.74, 6) is -2.93. The zero-order chi connectivity index (χ0) is 26.1. The zero-order valence-corrected chi connectivity index (χ0v) is 19.2. The predicted octanol–water partition coefficient (Wildman–Crippen LogP) is 1.98. The van der Waals surface area contributed by atoms with Crippen molar-refractivity contribution in [1.29, 1.82) is 0 Å². The average Bonchev–Trinajstić information content (AvgIpc) is 3.31. The van der Waals surface area contributed by atoms with Crippen molar-refractivity contribution in [3.63, 3.8) is 0 Å². The summed E-state index contributed by atoms with van der Waals surface area (Å²) in [4.78, 5) is 24.8. The Kier molecular flexibility index (Phi) is 9.14. The maximum Gasteiger partial charge on any atom is 0.490 e. The Balaban J connectivity index is 0.000000454. The lowest BCUT2D eigenvalue weighted by Crippen LogP contribution is -2.42. The first-order valence-corrected chi connectivity index (χ1v) is 11.1. The van der Waals surface area contributed by atoms with Gasteiger partial charge in [-0.3, -0.25) is 9.69 Å². The summed E-state index contributed by atoms with van der Waals surface area (Å²) in [6, 6.07) is 18.0. The van der Waals surface area contributed by atoms with Crippen molar-refractivity contribution in [2.75, 3.05) is 19.6 Å². The normalized spacial score (nSPS) is 14.2. The van der Waals surface area contributed by atoms with E-state index in [1.54, 1.807) is 6.20 Å². The molecule has 0 fully saturated rings. The molecule has 1 aliphatic rings. The molecule has 1 aromatic heterocycles. The number of carbonyl (C=O) groups excluding carboxylic acids is 1. The van der Waals surface area contributed by atoms with Gasteiger partial charge in [-0.2, -0.15) is 28.2 Å². The lowest BCUT2D eigenvalue weighted by Gasteiger charge is -2.30. The van der Waals surface area contributed by atoms with E-state index in [0.29, 0.717) is 12.2 Å². The number of nitrogens with one attached hydrogen (secondary N) is 1. The number of halogens is 3. The number of alkyl halides is 3. The summed E-state index contributed by atoms with van der Waals surface area (Å²) in [6.45, 7) is 2.52. The van der Waals surface area contributed by atoms with Crippen LogP contribution in [0.25, 0.3) is 5.69 Å². The van der Waals surface area contributed by atoms with Crippen LogP contribution in [0.1, 0.15) is 16.8 Å². The quantitative estimate of drug-likeness (QED) is 0.449. The second-order valence-electron chi connectivity index (χ2n) is 8.15. The number of rotatable bonds is 7. The molecule has 3 N–H and O–H groups in total. The summed E-state index contributed by atoms with van der Waals surface area (Å²) in [5, 5.41) is 28.8. The molecule has 2 heterocycles. The Morgan fingerprint density at radius 3 is 2.36 bits per heavy atom. The minimum Gasteiger partial charge on any atom is -0.475 e. The molecular weight excluding hydrogens is 479 g/mol. The summed E-state index contributed by atoms with van der Waals surface area (Å²) in [5.41, 5.74) is 4.14. The topological polar surface area (TPSA) is 121 Å². The number of β-amino-alcohol motifs (C(OH)–C–C–N with tert-alkyl or cyclic N) is 1. The van der Waals surface area contributed by atoms with Crippen LogP contribution in [0.3, 0.4) is 0 Å². The van der Waals surface area contributed by atoms with Gasteiger partial charge in [0.05, 0.1) is 30.1 Å². The fraction of sp³-hybridized carbons (Fsp3) is 0.333. The van der Waals surface area contributed by atoms with Gasteiger partial charge in [-0.15, -0.1) is 0 Å². The molecule has 12 heteroatoms. The van der Waals surface area contributed by atoms with Crippen LogP contribution in [0.5, 0.6) is 0 Å². The number of fused-ring (bicyclic) bond motifs is 1. The Labute approximate surface area is 205 Å². The molecule has 3 aromatic rings. The highest BCUT2D eigenvalue weighted by atomic mass is 19.4. The minimum absolute atomic E-state index is 0.136. The first kappa shape index (κ1) is 26.8. The first-order chi connectivity index (χ1) is 17.1. The molecule has 1 atom stereocenters. The van der Waals surface area contributed by atoms with E-state index in [9.17, 15) is 23.1 Å². The van der Waals surface area contributed by atoms with E-state index in [0.717, 1.165) is 25.2 Å². The van der Waals surface area contributed by atoms with Crippen LogP contribution >= 0.6 is 0 Å². The number of carboxylic acid groups (broad SMARTS) is 1. The van der Waals surface area contributed by atoms with Crippen LogP contribution in [0, 0.1) is 0 Å². The molecule has 0 bridgehead atoms. The third-order valence-corrected chi connectivity index (χ3v) is 5.32. The van der Waals surface area contributed by atoms with Gasteiger partial charge in [-0.05, 0) is 29.7 Å². The monoisotopic (exact) mass is 505 g/mol. The summed E-state index contributed by atoms with van der Waals surface area (Å²) in [6.07, 6.45) is -2.97. The number of amides is 1. The molecule has 0 spiro atoms. The van der Waals surface area contributed by atoms with E-state index < -0.39 is 18.2 Å². The Bertz CT molecular complexity index is 1150. The molecule has 2 aromatic carbocycles. The maximum atomic E-state index is 12.2. The first-order valence-electron chi connectivity index (χ1n) is 11.1. The highest BCUT2D eigenvalue weighted by molar-refractivity contribution is 5.78. The third kappa shape index (κ3) is 8.17. The van der Waals surface area contributed by atoms with Gasteiger partial charge in [-0.1, -0.05) is 42.5 Å². The predicted molar refractivity (Wildman–Crippen MR) is 123 cm³/mol. The van der Waals surface area contributed by atoms with Crippen LogP contribution < -0.4 is 5.32 Å². The summed E-state index contributed by atoms with van der Waals surface area (Å²) in [7, 11) is 0. The molecule has 1 amide bonds. The molecule has 1 unspecified atom stereocenters. The lowest BCUT2D eigenvalue weighted by atomic mass is 10.00. The van der Waals surface area contributed by atoms with Crippen LogP contribution in [-0.2, 0) is 29.0 Å². The SMILES string of the molecule is O=C(Cc1cnn(-c2ccccc2)n1)NCC(O)CN1CCc2ccccc2C1.O=C(O)C(F)(F)F. The fourth-order valence-electron chi connectivity index (χ4n) is 3.59. The smallest absolute Gasteiger partial charge is 0.475 e. The molecule has 4 rings (SSSR count). The van der Waals surface area contributed by atoms with Gasteiger partial charge in [0.15, 0.2) is 0 Å². The fourth-order valence-corrected chi connectivity index (χ4v) is 3.59. The highest BCUT2D eigenvalue weighted by Gasteiger charge is 2.38. The number of benzene rings is 2. The van der Waals surface area contributed by atoms with E-state index in [1.807, 2.05) is 36.4 Å². The molecule has 0 saturated heterocycles. The van der Waals surface area contributed by atoms with E-state index in [1.165, 1.54) is 15.9 Å². The molecule has 0 radical (unpaired) electrons. The van der Waals surface area contributed by atoms with E-state index in [-0.39, 0.29) is 18.9 Å².